The number of nitrogens with one attached hydrogen (secondary N) is 1. The van der Waals surface area contributed by atoms with Gasteiger partial charge in [-0.15, -0.1) is 0 Å². The molecule has 2 N–H and O–H groups in total. The normalized spacial score (nSPS) is 23.7. The van der Waals surface area contributed by atoms with Crippen molar-refractivity contribution in [3.05, 3.63) is 27.5 Å². The summed E-state index contributed by atoms with van der Waals surface area (Å²) in [6.45, 7) is 0. The fourth-order valence-electron chi connectivity index (χ4n) is 2.28. The van der Waals surface area contributed by atoms with Crippen molar-refractivity contribution in [2.75, 3.05) is 0 Å². The first-order chi connectivity index (χ1) is 9.08. The van der Waals surface area contributed by atoms with Gasteiger partial charge in [0.25, 0.3) is 5.91 Å². The molecule has 0 aliphatic heterocycles. The maximum Gasteiger partial charge on any atom is 0.254 e. The smallest absolute Gasteiger partial charge is 0.254 e. The van der Waals surface area contributed by atoms with Crippen molar-refractivity contribution in [2.24, 2.45) is 0 Å². The van der Waals surface area contributed by atoms with Gasteiger partial charge in [-0.1, -0.05) is 30.9 Å². The van der Waals surface area contributed by atoms with Crippen molar-refractivity contribution in [1.82, 2.24) is 10.3 Å². The predicted octanol–water partition coefficient (Wildman–Crippen LogP) is 2.92. The first kappa shape index (κ1) is 14.8. The molecule has 1 aliphatic rings. The van der Waals surface area contributed by atoms with Gasteiger partial charge >= 0.3 is 0 Å². The van der Waals surface area contributed by atoms with E-state index in [1.165, 1.54) is 0 Å². The number of aromatic nitrogens is 1. The summed E-state index contributed by atoms with van der Waals surface area (Å²) in [5.74, 6) is -0.287. The highest BCUT2D eigenvalue weighted by Gasteiger charge is 2.24. The largest absolute Gasteiger partial charge is 0.391 e. The first-order valence-electron chi connectivity index (χ1n) is 6.38. The summed E-state index contributed by atoms with van der Waals surface area (Å²) < 4.78 is 0.698. The van der Waals surface area contributed by atoms with Crippen LogP contribution in [0.4, 0.5) is 0 Å². The Morgan fingerprint density at radius 3 is 2.95 bits per heavy atom. The van der Waals surface area contributed by atoms with E-state index in [9.17, 15) is 9.90 Å². The fraction of sp³-hybridized carbons (Fsp3) is 0.538. The van der Waals surface area contributed by atoms with E-state index in [1.54, 1.807) is 12.3 Å². The van der Waals surface area contributed by atoms with Crippen LogP contribution in [0.15, 0.2) is 16.7 Å². The third-order valence-corrected chi connectivity index (χ3v) is 4.08. The minimum absolute atomic E-state index is 0.170. The molecule has 1 saturated carbocycles. The molecule has 0 spiro atoms. The highest BCUT2D eigenvalue weighted by atomic mass is 79.9. The van der Waals surface area contributed by atoms with Gasteiger partial charge in [-0.2, -0.15) is 0 Å². The molecule has 2 unspecified atom stereocenters. The van der Waals surface area contributed by atoms with E-state index < -0.39 is 6.10 Å². The Morgan fingerprint density at radius 2 is 2.16 bits per heavy atom. The standard InChI is InChI=1S/C13H16BrClN2O2/c14-8-6-9(12(15)16-7-8)13(19)17-10-4-2-1-3-5-11(10)18/h6-7,10-11,18H,1-5H2,(H,17,19). The van der Waals surface area contributed by atoms with Crippen molar-refractivity contribution in [3.63, 3.8) is 0 Å². The third-order valence-electron chi connectivity index (χ3n) is 3.35. The number of halogens is 2. The summed E-state index contributed by atoms with van der Waals surface area (Å²) in [7, 11) is 0. The fourth-order valence-corrected chi connectivity index (χ4v) is 2.80. The van der Waals surface area contributed by atoms with Crippen molar-refractivity contribution >= 4 is 33.4 Å². The molecule has 2 rings (SSSR count). The number of carbonyl (C=O) groups is 1. The van der Waals surface area contributed by atoms with E-state index >= 15 is 0 Å². The van der Waals surface area contributed by atoms with Crippen LogP contribution in [0.2, 0.25) is 5.15 Å². The molecule has 19 heavy (non-hydrogen) atoms. The van der Waals surface area contributed by atoms with E-state index in [0.717, 1.165) is 32.1 Å². The van der Waals surface area contributed by atoms with Crippen molar-refractivity contribution in [3.8, 4) is 0 Å². The molecule has 1 aromatic rings. The van der Waals surface area contributed by atoms with E-state index in [2.05, 4.69) is 26.2 Å². The number of nitrogens with zero attached hydrogens (tertiary/aromatic N) is 1. The molecular weight excluding hydrogens is 332 g/mol. The number of carbonyl (C=O) groups excluding carboxylic acids is 1. The van der Waals surface area contributed by atoms with Crippen LogP contribution in [0.25, 0.3) is 0 Å². The maximum absolute atomic E-state index is 12.2. The number of aliphatic hydroxyl groups excluding tert-OH is 1. The Bertz CT molecular complexity index is 470. The van der Waals surface area contributed by atoms with Gasteiger partial charge in [0, 0.05) is 10.7 Å². The van der Waals surface area contributed by atoms with Gasteiger partial charge in [0.15, 0.2) is 0 Å². The van der Waals surface area contributed by atoms with Gasteiger partial charge in [-0.3, -0.25) is 4.79 Å². The molecule has 0 radical (unpaired) electrons. The van der Waals surface area contributed by atoms with Crippen molar-refractivity contribution < 1.29 is 9.90 Å². The Hall–Kier alpha value is -0.650. The van der Waals surface area contributed by atoms with E-state index in [0.29, 0.717) is 10.0 Å². The van der Waals surface area contributed by atoms with Gasteiger partial charge < -0.3 is 10.4 Å². The molecule has 6 heteroatoms. The van der Waals surface area contributed by atoms with Crippen LogP contribution in [0, 0.1) is 0 Å². The highest BCUT2D eigenvalue weighted by Crippen LogP contribution is 2.21. The number of hydrogen-bond acceptors (Lipinski definition) is 3. The monoisotopic (exact) mass is 346 g/mol. The quantitative estimate of drug-likeness (QED) is 0.639. The van der Waals surface area contributed by atoms with E-state index in [-0.39, 0.29) is 17.1 Å². The zero-order valence-electron chi connectivity index (χ0n) is 10.4. The first-order valence-corrected chi connectivity index (χ1v) is 7.55. The molecule has 0 bridgehead atoms. The molecule has 2 atom stereocenters. The second kappa shape index (κ2) is 6.68. The number of pyridine rings is 1. The lowest BCUT2D eigenvalue weighted by atomic mass is 10.1. The van der Waals surface area contributed by atoms with Crippen molar-refractivity contribution in [2.45, 2.75) is 44.2 Å². The maximum atomic E-state index is 12.2. The van der Waals surface area contributed by atoms with Gasteiger partial charge in [-0.25, -0.2) is 4.98 Å². The molecule has 4 nitrogen and oxygen atoms in total. The van der Waals surface area contributed by atoms with Crippen molar-refractivity contribution in [1.29, 1.82) is 0 Å². The topological polar surface area (TPSA) is 62.2 Å². The molecular formula is C13H16BrClN2O2. The molecule has 1 fully saturated rings. The molecule has 0 saturated heterocycles. The lowest BCUT2D eigenvalue weighted by molar-refractivity contribution is 0.0818. The molecule has 1 amide bonds. The number of rotatable bonds is 2. The summed E-state index contributed by atoms with van der Waals surface area (Å²) in [6, 6.07) is 1.43. The van der Waals surface area contributed by atoms with Crippen LogP contribution >= 0.6 is 27.5 Å². The molecule has 0 aromatic carbocycles. The lowest BCUT2D eigenvalue weighted by Crippen LogP contribution is -2.42. The summed E-state index contributed by atoms with van der Waals surface area (Å²) in [5, 5.41) is 13.0. The Morgan fingerprint density at radius 1 is 1.42 bits per heavy atom. The second-order valence-corrected chi connectivity index (χ2v) is 6.05. The van der Waals surface area contributed by atoms with Crippen LogP contribution in [0.5, 0.6) is 0 Å². The predicted molar refractivity (Wildman–Crippen MR) is 77.3 cm³/mol. The molecule has 1 heterocycles. The second-order valence-electron chi connectivity index (χ2n) is 4.78. The van der Waals surface area contributed by atoms with E-state index in [1.807, 2.05) is 0 Å². The summed E-state index contributed by atoms with van der Waals surface area (Å²) >= 11 is 9.19. The van der Waals surface area contributed by atoms with Gasteiger partial charge in [-0.05, 0) is 34.8 Å². The molecule has 1 aromatic heterocycles. The SMILES string of the molecule is O=C(NC1CCCCCC1O)c1cc(Br)cnc1Cl. The Labute approximate surface area is 125 Å². The lowest BCUT2D eigenvalue weighted by Gasteiger charge is -2.21. The summed E-state index contributed by atoms with van der Waals surface area (Å²) in [6.07, 6.45) is 5.72. The van der Waals surface area contributed by atoms with Crippen LogP contribution < -0.4 is 5.32 Å². The number of aliphatic hydroxyl groups is 1. The zero-order valence-corrected chi connectivity index (χ0v) is 12.7. The minimum atomic E-state index is -0.481. The molecule has 1 aliphatic carbocycles. The van der Waals surface area contributed by atoms with E-state index in [4.69, 9.17) is 11.6 Å². The number of amides is 1. The Balaban J connectivity index is 2.09. The van der Waals surface area contributed by atoms with Crippen LogP contribution in [0.3, 0.4) is 0 Å². The zero-order chi connectivity index (χ0) is 13.8. The van der Waals surface area contributed by atoms with Gasteiger partial charge in [0.2, 0.25) is 0 Å². The minimum Gasteiger partial charge on any atom is -0.391 e. The van der Waals surface area contributed by atoms with Gasteiger partial charge in [0.1, 0.15) is 5.15 Å². The average Bonchev–Trinajstić information content (AvgIpc) is 2.58. The summed E-state index contributed by atoms with van der Waals surface area (Å²) in [4.78, 5) is 16.1. The average molecular weight is 348 g/mol. The van der Waals surface area contributed by atoms with Crippen LogP contribution in [-0.2, 0) is 0 Å². The molecule has 104 valence electrons. The van der Waals surface area contributed by atoms with Crippen LogP contribution in [-0.4, -0.2) is 28.1 Å². The van der Waals surface area contributed by atoms with Gasteiger partial charge in [0.05, 0.1) is 17.7 Å². The summed E-state index contributed by atoms with van der Waals surface area (Å²) in [5.41, 5.74) is 0.326. The van der Waals surface area contributed by atoms with Crippen LogP contribution in [0.1, 0.15) is 42.5 Å². The number of hydrogen-bond donors (Lipinski definition) is 2. The third kappa shape index (κ3) is 3.91. The Kier molecular flexibility index (Phi) is 5.19. The highest BCUT2D eigenvalue weighted by molar-refractivity contribution is 9.10.